The Kier molecular flexibility index (Phi) is 4.00. The van der Waals surface area contributed by atoms with Crippen LogP contribution in [-0.4, -0.2) is 25.8 Å². The summed E-state index contributed by atoms with van der Waals surface area (Å²) in [5.41, 5.74) is 3.34. The lowest BCUT2D eigenvalue weighted by Crippen LogP contribution is -2.29. The minimum absolute atomic E-state index is 0.167. The average molecular weight is 317 g/mol. The molecule has 1 atom stereocenters. The van der Waals surface area contributed by atoms with Crippen LogP contribution in [0.5, 0.6) is 0 Å². The fraction of sp³-hybridized carbons (Fsp3) is 0.444. The SMILES string of the molecule is C=C(C)C1CN(S(=O)(=O)c2ccc(C)cc2)C/C1=C/C1CC1. The zero-order valence-corrected chi connectivity index (χ0v) is 14.1. The van der Waals surface area contributed by atoms with Gasteiger partial charge in [-0.05, 0) is 44.7 Å². The first-order chi connectivity index (χ1) is 10.4. The number of benzene rings is 1. The molecular weight excluding hydrogens is 294 g/mol. The monoisotopic (exact) mass is 317 g/mol. The molecule has 1 unspecified atom stereocenters. The quantitative estimate of drug-likeness (QED) is 0.797. The van der Waals surface area contributed by atoms with E-state index in [1.165, 1.54) is 18.4 Å². The first kappa shape index (κ1) is 15.5. The molecular formula is C18H23NO2S. The lowest BCUT2D eigenvalue weighted by Gasteiger charge is -2.16. The van der Waals surface area contributed by atoms with Crippen molar-refractivity contribution >= 4 is 10.0 Å². The van der Waals surface area contributed by atoms with E-state index in [2.05, 4.69) is 12.7 Å². The molecule has 0 spiro atoms. The van der Waals surface area contributed by atoms with Gasteiger partial charge in [-0.1, -0.05) is 41.5 Å². The second kappa shape index (κ2) is 5.67. The molecule has 22 heavy (non-hydrogen) atoms. The van der Waals surface area contributed by atoms with Gasteiger partial charge in [-0.2, -0.15) is 4.31 Å². The molecule has 0 N–H and O–H groups in total. The first-order valence-electron chi connectivity index (χ1n) is 7.81. The van der Waals surface area contributed by atoms with Gasteiger partial charge in [0, 0.05) is 19.0 Å². The highest BCUT2D eigenvalue weighted by Gasteiger charge is 2.37. The number of allylic oxidation sites excluding steroid dienone is 1. The predicted octanol–water partition coefficient (Wildman–Crippen LogP) is 3.53. The van der Waals surface area contributed by atoms with Gasteiger partial charge < -0.3 is 0 Å². The third-order valence-electron chi connectivity index (χ3n) is 4.52. The summed E-state index contributed by atoms with van der Waals surface area (Å²) in [6.45, 7) is 9.03. The smallest absolute Gasteiger partial charge is 0.207 e. The van der Waals surface area contributed by atoms with Crippen LogP contribution in [0.3, 0.4) is 0 Å². The van der Waals surface area contributed by atoms with Crippen LogP contribution >= 0.6 is 0 Å². The molecule has 118 valence electrons. The average Bonchev–Trinajstić information content (AvgIpc) is 3.15. The van der Waals surface area contributed by atoms with Gasteiger partial charge >= 0.3 is 0 Å². The first-order valence-corrected chi connectivity index (χ1v) is 9.25. The van der Waals surface area contributed by atoms with Crippen molar-refractivity contribution < 1.29 is 8.42 Å². The molecule has 1 aromatic carbocycles. The van der Waals surface area contributed by atoms with E-state index in [0.29, 0.717) is 23.9 Å². The molecule has 2 fully saturated rings. The Labute approximate surface area is 133 Å². The fourth-order valence-corrected chi connectivity index (χ4v) is 4.39. The molecule has 0 amide bonds. The largest absolute Gasteiger partial charge is 0.243 e. The van der Waals surface area contributed by atoms with Crippen molar-refractivity contribution in [3.63, 3.8) is 0 Å². The van der Waals surface area contributed by atoms with Crippen LogP contribution in [0.15, 0.2) is 53.0 Å². The minimum atomic E-state index is -3.42. The molecule has 1 aliphatic carbocycles. The van der Waals surface area contributed by atoms with E-state index in [1.807, 2.05) is 26.0 Å². The Bertz CT molecular complexity index is 712. The summed E-state index contributed by atoms with van der Waals surface area (Å²) in [7, 11) is -3.42. The number of nitrogens with zero attached hydrogens (tertiary/aromatic N) is 1. The molecule has 3 rings (SSSR count). The number of aryl methyl sites for hydroxylation is 1. The van der Waals surface area contributed by atoms with Crippen LogP contribution in [0.4, 0.5) is 0 Å². The van der Waals surface area contributed by atoms with Crippen molar-refractivity contribution in [3.8, 4) is 0 Å². The zero-order chi connectivity index (χ0) is 15.9. The molecule has 4 heteroatoms. The highest BCUT2D eigenvalue weighted by atomic mass is 32.2. The van der Waals surface area contributed by atoms with Crippen LogP contribution in [-0.2, 0) is 10.0 Å². The van der Waals surface area contributed by atoms with E-state index in [4.69, 9.17) is 0 Å². The summed E-state index contributed by atoms with van der Waals surface area (Å²) in [4.78, 5) is 0.381. The normalized spacial score (nSPS) is 24.8. The van der Waals surface area contributed by atoms with Gasteiger partial charge in [0.05, 0.1) is 4.90 Å². The predicted molar refractivity (Wildman–Crippen MR) is 89.0 cm³/mol. The molecule has 0 radical (unpaired) electrons. The Morgan fingerprint density at radius 2 is 1.91 bits per heavy atom. The number of sulfonamides is 1. The Balaban J connectivity index is 1.88. The highest BCUT2D eigenvalue weighted by molar-refractivity contribution is 7.89. The van der Waals surface area contributed by atoms with Crippen LogP contribution in [0, 0.1) is 18.8 Å². The van der Waals surface area contributed by atoms with Crippen molar-refractivity contribution in [3.05, 3.63) is 53.6 Å². The lowest BCUT2D eigenvalue weighted by atomic mass is 9.95. The Morgan fingerprint density at radius 3 is 2.45 bits per heavy atom. The molecule has 3 nitrogen and oxygen atoms in total. The summed E-state index contributed by atoms with van der Waals surface area (Å²) in [5, 5.41) is 0. The van der Waals surface area contributed by atoms with Crippen molar-refractivity contribution in [1.29, 1.82) is 0 Å². The van der Waals surface area contributed by atoms with E-state index in [0.717, 1.165) is 11.1 Å². The Hall–Kier alpha value is -1.39. The minimum Gasteiger partial charge on any atom is -0.207 e. The maximum atomic E-state index is 12.8. The van der Waals surface area contributed by atoms with Gasteiger partial charge in [-0.15, -0.1) is 0 Å². The summed E-state index contributed by atoms with van der Waals surface area (Å²) in [6.07, 6.45) is 4.75. The third kappa shape index (κ3) is 3.03. The van der Waals surface area contributed by atoms with Crippen molar-refractivity contribution in [2.24, 2.45) is 11.8 Å². The molecule has 2 aliphatic rings. The van der Waals surface area contributed by atoms with Gasteiger partial charge in [0.25, 0.3) is 0 Å². The number of rotatable bonds is 4. The number of hydrogen-bond donors (Lipinski definition) is 0. The molecule has 0 bridgehead atoms. The van der Waals surface area contributed by atoms with E-state index in [-0.39, 0.29) is 5.92 Å². The summed E-state index contributed by atoms with van der Waals surface area (Å²) in [5.74, 6) is 0.819. The van der Waals surface area contributed by atoms with Gasteiger partial charge in [0.1, 0.15) is 0 Å². The van der Waals surface area contributed by atoms with E-state index < -0.39 is 10.0 Å². The molecule has 1 saturated heterocycles. The van der Waals surface area contributed by atoms with Crippen molar-refractivity contribution in [1.82, 2.24) is 4.31 Å². The van der Waals surface area contributed by atoms with Crippen LogP contribution in [0.25, 0.3) is 0 Å². The molecule has 0 aromatic heterocycles. The maximum Gasteiger partial charge on any atom is 0.243 e. The molecule has 1 aromatic rings. The fourth-order valence-electron chi connectivity index (χ4n) is 2.95. The van der Waals surface area contributed by atoms with Gasteiger partial charge in [0.15, 0.2) is 0 Å². The second-order valence-electron chi connectivity index (χ2n) is 6.59. The van der Waals surface area contributed by atoms with Crippen LogP contribution in [0.2, 0.25) is 0 Å². The standard InChI is InChI=1S/C18H23NO2S/c1-13(2)18-12-19(11-16(18)10-15-6-7-15)22(20,21)17-8-4-14(3)5-9-17/h4-5,8-10,15,18H,1,6-7,11-12H2,2-3H3/b16-10-. The topological polar surface area (TPSA) is 37.4 Å². The van der Waals surface area contributed by atoms with Crippen molar-refractivity contribution in [2.75, 3.05) is 13.1 Å². The van der Waals surface area contributed by atoms with E-state index in [9.17, 15) is 8.42 Å². The lowest BCUT2D eigenvalue weighted by molar-refractivity contribution is 0.468. The summed E-state index contributed by atoms with van der Waals surface area (Å²) >= 11 is 0. The Morgan fingerprint density at radius 1 is 1.27 bits per heavy atom. The summed E-state index contributed by atoms with van der Waals surface area (Å²) in [6, 6.07) is 7.09. The second-order valence-corrected chi connectivity index (χ2v) is 8.53. The summed E-state index contributed by atoms with van der Waals surface area (Å²) < 4.78 is 27.3. The van der Waals surface area contributed by atoms with Gasteiger partial charge in [-0.25, -0.2) is 8.42 Å². The molecule has 1 aliphatic heterocycles. The van der Waals surface area contributed by atoms with Crippen LogP contribution in [0.1, 0.15) is 25.3 Å². The molecule has 1 saturated carbocycles. The van der Waals surface area contributed by atoms with Gasteiger partial charge in [-0.3, -0.25) is 0 Å². The van der Waals surface area contributed by atoms with E-state index >= 15 is 0 Å². The highest BCUT2D eigenvalue weighted by Crippen LogP contribution is 2.38. The van der Waals surface area contributed by atoms with E-state index in [1.54, 1.807) is 16.4 Å². The van der Waals surface area contributed by atoms with Gasteiger partial charge in [0.2, 0.25) is 10.0 Å². The molecule has 1 heterocycles. The maximum absolute atomic E-state index is 12.8. The van der Waals surface area contributed by atoms with Crippen molar-refractivity contribution in [2.45, 2.75) is 31.6 Å². The third-order valence-corrected chi connectivity index (χ3v) is 6.34. The van der Waals surface area contributed by atoms with Crippen LogP contribution < -0.4 is 0 Å². The zero-order valence-electron chi connectivity index (χ0n) is 13.2. The number of hydrogen-bond acceptors (Lipinski definition) is 2.